The Morgan fingerprint density at radius 1 is 1.35 bits per heavy atom. The molecular weight excluding hydrogens is 364 g/mol. The van der Waals surface area contributed by atoms with Crippen molar-refractivity contribution in [3.05, 3.63) is 40.4 Å². The number of imide groups is 1. The Kier molecular flexibility index (Phi) is 8.04. The van der Waals surface area contributed by atoms with Gasteiger partial charge in [-0.1, -0.05) is 35.0 Å². The summed E-state index contributed by atoms with van der Waals surface area (Å²) in [6.45, 7) is 3.21. The lowest BCUT2D eigenvalue weighted by Crippen LogP contribution is -2.44. The minimum absolute atomic E-state index is 0.0431. The number of nitrogens with one attached hydrogen (secondary N) is 2. The first-order valence-corrected chi connectivity index (χ1v) is 7.90. The Balaban J connectivity index is 2.35. The van der Waals surface area contributed by atoms with E-state index in [9.17, 15) is 14.4 Å². The summed E-state index contributed by atoms with van der Waals surface area (Å²) in [5.74, 6) is -1.35. The maximum absolute atomic E-state index is 11.5. The summed E-state index contributed by atoms with van der Waals surface area (Å²) >= 11 is 3.32. The number of ether oxygens (including phenoxy) is 1. The zero-order valence-electron chi connectivity index (χ0n) is 13.0. The van der Waals surface area contributed by atoms with Crippen molar-refractivity contribution >= 4 is 39.9 Å². The Labute approximate surface area is 143 Å². The van der Waals surface area contributed by atoms with Gasteiger partial charge in [0.15, 0.2) is 6.61 Å². The van der Waals surface area contributed by atoms with Crippen LogP contribution in [0.2, 0.25) is 0 Å². The van der Waals surface area contributed by atoms with Crippen LogP contribution in [0.25, 0.3) is 6.08 Å². The summed E-state index contributed by atoms with van der Waals surface area (Å²) in [6, 6.07) is 6.70. The lowest BCUT2D eigenvalue weighted by Gasteiger charge is -2.11. The van der Waals surface area contributed by atoms with Gasteiger partial charge in [-0.15, -0.1) is 0 Å². The van der Waals surface area contributed by atoms with Gasteiger partial charge >= 0.3 is 12.0 Å². The number of rotatable bonds is 6. The number of esters is 1. The quantitative estimate of drug-likeness (QED) is 0.584. The maximum Gasteiger partial charge on any atom is 0.331 e. The van der Waals surface area contributed by atoms with E-state index in [4.69, 9.17) is 4.74 Å². The molecule has 0 fully saturated rings. The first-order chi connectivity index (χ1) is 10.9. The highest BCUT2D eigenvalue weighted by Crippen LogP contribution is 2.12. The summed E-state index contributed by atoms with van der Waals surface area (Å²) in [5.41, 5.74) is 0.814. The largest absolute Gasteiger partial charge is 0.452 e. The molecule has 0 saturated heterocycles. The molecule has 7 heteroatoms. The molecule has 3 amide bonds. The summed E-state index contributed by atoms with van der Waals surface area (Å²) in [7, 11) is 0. The average molecular weight is 383 g/mol. The Bertz CT molecular complexity index is 601. The van der Waals surface area contributed by atoms with Crippen LogP contribution in [0.3, 0.4) is 0 Å². The van der Waals surface area contributed by atoms with Gasteiger partial charge in [-0.25, -0.2) is 9.59 Å². The third-order valence-corrected chi connectivity index (χ3v) is 3.34. The SMILES string of the molecule is CC[C@H](C)NC(=O)NC(=O)COC(=O)/C=C/c1cccc(Br)c1. The molecule has 0 heterocycles. The summed E-state index contributed by atoms with van der Waals surface area (Å²) < 4.78 is 5.65. The zero-order valence-corrected chi connectivity index (χ0v) is 14.6. The van der Waals surface area contributed by atoms with Gasteiger partial charge < -0.3 is 10.1 Å². The Morgan fingerprint density at radius 2 is 2.09 bits per heavy atom. The predicted molar refractivity (Wildman–Crippen MR) is 90.6 cm³/mol. The van der Waals surface area contributed by atoms with Crippen LogP contribution in [0.4, 0.5) is 4.79 Å². The fourth-order valence-electron chi connectivity index (χ4n) is 1.48. The summed E-state index contributed by atoms with van der Waals surface area (Å²) in [5, 5.41) is 4.66. The molecule has 0 saturated carbocycles. The van der Waals surface area contributed by atoms with Gasteiger partial charge in [0.25, 0.3) is 5.91 Å². The molecule has 23 heavy (non-hydrogen) atoms. The van der Waals surface area contributed by atoms with Crippen LogP contribution in [0.1, 0.15) is 25.8 Å². The standard InChI is InChI=1S/C16H19BrN2O4/c1-3-11(2)18-16(22)19-14(20)10-23-15(21)8-7-12-5-4-6-13(17)9-12/h4-9,11H,3,10H2,1-2H3,(H2,18,19,20,22)/b8-7+/t11-/m0/s1. The van der Waals surface area contributed by atoms with E-state index in [1.165, 1.54) is 6.08 Å². The molecule has 0 aliphatic rings. The van der Waals surface area contributed by atoms with Gasteiger partial charge in [0.1, 0.15) is 0 Å². The number of urea groups is 1. The van der Waals surface area contributed by atoms with E-state index in [0.29, 0.717) is 0 Å². The van der Waals surface area contributed by atoms with E-state index >= 15 is 0 Å². The first kappa shape index (κ1) is 18.9. The number of hydrogen-bond donors (Lipinski definition) is 2. The highest BCUT2D eigenvalue weighted by atomic mass is 79.9. The lowest BCUT2D eigenvalue weighted by atomic mass is 10.2. The molecule has 124 valence electrons. The molecule has 6 nitrogen and oxygen atoms in total. The van der Waals surface area contributed by atoms with Crippen LogP contribution in [0.15, 0.2) is 34.8 Å². The van der Waals surface area contributed by atoms with Crippen molar-refractivity contribution in [2.45, 2.75) is 26.3 Å². The maximum atomic E-state index is 11.5. The fraction of sp³-hybridized carbons (Fsp3) is 0.312. The zero-order chi connectivity index (χ0) is 17.2. The number of amides is 3. The van der Waals surface area contributed by atoms with Gasteiger partial charge in [-0.05, 0) is 37.1 Å². The normalized spacial score (nSPS) is 11.8. The van der Waals surface area contributed by atoms with Crippen LogP contribution < -0.4 is 10.6 Å². The molecule has 0 unspecified atom stereocenters. The topological polar surface area (TPSA) is 84.5 Å². The van der Waals surface area contributed by atoms with Gasteiger partial charge in [0.05, 0.1) is 0 Å². The third-order valence-electron chi connectivity index (χ3n) is 2.85. The van der Waals surface area contributed by atoms with Crippen molar-refractivity contribution in [1.29, 1.82) is 0 Å². The number of carbonyl (C=O) groups excluding carboxylic acids is 3. The smallest absolute Gasteiger partial charge is 0.331 e. The highest BCUT2D eigenvalue weighted by molar-refractivity contribution is 9.10. The Hall–Kier alpha value is -2.15. The second-order valence-corrected chi connectivity index (χ2v) is 5.74. The average Bonchev–Trinajstić information content (AvgIpc) is 2.50. The van der Waals surface area contributed by atoms with Crippen molar-refractivity contribution in [2.75, 3.05) is 6.61 Å². The van der Waals surface area contributed by atoms with Crippen LogP contribution >= 0.6 is 15.9 Å². The molecule has 0 aromatic heterocycles. The van der Waals surface area contributed by atoms with Gasteiger partial charge in [0, 0.05) is 16.6 Å². The van der Waals surface area contributed by atoms with E-state index in [-0.39, 0.29) is 6.04 Å². The van der Waals surface area contributed by atoms with Crippen LogP contribution in [0.5, 0.6) is 0 Å². The molecule has 0 bridgehead atoms. The summed E-state index contributed by atoms with van der Waals surface area (Å²) in [6.07, 6.45) is 3.53. The second-order valence-electron chi connectivity index (χ2n) is 4.83. The molecule has 0 spiro atoms. The number of benzene rings is 1. The van der Waals surface area contributed by atoms with E-state index in [1.54, 1.807) is 6.08 Å². The second kappa shape index (κ2) is 9.78. The molecule has 1 aromatic carbocycles. The molecule has 2 N–H and O–H groups in total. The molecule has 0 aliphatic carbocycles. The molecule has 1 aromatic rings. The molecule has 1 atom stereocenters. The highest BCUT2D eigenvalue weighted by Gasteiger charge is 2.11. The third kappa shape index (κ3) is 8.15. The van der Waals surface area contributed by atoms with E-state index in [2.05, 4.69) is 26.6 Å². The molecule has 0 radical (unpaired) electrons. The van der Waals surface area contributed by atoms with E-state index in [1.807, 2.05) is 38.1 Å². The Morgan fingerprint density at radius 3 is 2.74 bits per heavy atom. The van der Waals surface area contributed by atoms with E-state index < -0.39 is 24.5 Å². The van der Waals surface area contributed by atoms with Gasteiger partial charge in [0.2, 0.25) is 0 Å². The number of halogens is 1. The van der Waals surface area contributed by atoms with Crippen LogP contribution in [0, 0.1) is 0 Å². The van der Waals surface area contributed by atoms with Crippen molar-refractivity contribution in [3.63, 3.8) is 0 Å². The van der Waals surface area contributed by atoms with Gasteiger partial charge in [-0.3, -0.25) is 10.1 Å². The lowest BCUT2D eigenvalue weighted by molar-refractivity contribution is -0.143. The van der Waals surface area contributed by atoms with Crippen molar-refractivity contribution in [1.82, 2.24) is 10.6 Å². The van der Waals surface area contributed by atoms with E-state index in [0.717, 1.165) is 16.5 Å². The fourth-order valence-corrected chi connectivity index (χ4v) is 1.90. The molecular formula is C16H19BrN2O4. The predicted octanol–water partition coefficient (Wildman–Crippen LogP) is 2.63. The van der Waals surface area contributed by atoms with Crippen molar-refractivity contribution in [3.8, 4) is 0 Å². The number of carbonyl (C=O) groups is 3. The minimum atomic E-state index is -0.685. The van der Waals surface area contributed by atoms with Crippen molar-refractivity contribution < 1.29 is 19.1 Å². The first-order valence-electron chi connectivity index (χ1n) is 7.11. The van der Waals surface area contributed by atoms with Crippen molar-refractivity contribution in [2.24, 2.45) is 0 Å². The van der Waals surface area contributed by atoms with Gasteiger partial charge in [-0.2, -0.15) is 0 Å². The van der Waals surface area contributed by atoms with Crippen LogP contribution in [-0.4, -0.2) is 30.6 Å². The molecule has 1 rings (SSSR count). The monoisotopic (exact) mass is 382 g/mol. The number of hydrogen-bond acceptors (Lipinski definition) is 4. The molecule has 0 aliphatic heterocycles. The minimum Gasteiger partial charge on any atom is -0.452 e. The van der Waals surface area contributed by atoms with Crippen LogP contribution in [-0.2, 0) is 14.3 Å². The summed E-state index contributed by atoms with van der Waals surface area (Å²) in [4.78, 5) is 34.4.